The van der Waals surface area contributed by atoms with E-state index in [2.05, 4.69) is 48.8 Å². The first-order valence-corrected chi connectivity index (χ1v) is 5.22. The van der Waals surface area contributed by atoms with Gasteiger partial charge < -0.3 is 0 Å². The Morgan fingerprint density at radius 2 is 2.07 bits per heavy atom. The SMILES string of the molecule is C=C(C)C#CC1=Cc2ccccc2CC1. The van der Waals surface area contributed by atoms with E-state index in [4.69, 9.17) is 0 Å². The van der Waals surface area contributed by atoms with Gasteiger partial charge in [0.2, 0.25) is 0 Å². The molecule has 0 unspecified atom stereocenters. The highest BCUT2D eigenvalue weighted by molar-refractivity contribution is 5.64. The van der Waals surface area contributed by atoms with E-state index in [-0.39, 0.29) is 0 Å². The second kappa shape index (κ2) is 4.19. The molecule has 0 saturated carbocycles. The summed E-state index contributed by atoms with van der Waals surface area (Å²) in [5, 5.41) is 0. The van der Waals surface area contributed by atoms with E-state index in [9.17, 15) is 0 Å². The molecule has 0 bridgehead atoms. The second-order valence-electron chi connectivity index (χ2n) is 3.90. The molecule has 1 aliphatic rings. The number of fused-ring (bicyclic) bond motifs is 1. The van der Waals surface area contributed by atoms with E-state index in [1.165, 1.54) is 16.7 Å². The third-order valence-electron chi connectivity index (χ3n) is 2.48. The molecule has 0 aliphatic heterocycles. The first-order valence-electron chi connectivity index (χ1n) is 5.22. The lowest BCUT2D eigenvalue weighted by Gasteiger charge is -2.12. The molecule has 74 valence electrons. The maximum atomic E-state index is 3.78. The highest BCUT2D eigenvalue weighted by Gasteiger charge is 2.07. The van der Waals surface area contributed by atoms with Crippen molar-refractivity contribution in [1.29, 1.82) is 0 Å². The summed E-state index contributed by atoms with van der Waals surface area (Å²) in [5.74, 6) is 6.21. The summed E-state index contributed by atoms with van der Waals surface area (Å²) in [7, 11) is 0. The van der Waals surface area contributed by atoms with Crippen molar-refractivity contribution in [3.8, 4) is 11.8 Å². The Kier molecular flexibility index (Phi) is 2.74. The van der Waals surface area contributed by atoms with Gasteiger partial charge in [-0.25, -0.2) is 0 Å². The Balaban J connectivity index is 2.31. The van der Waals surface area contributed by atoms with Crippen molar-refractivity contribution < 1.29 is 0 Å². The first-order chi connectivity index (χ1) is 7.25. The highest BCUT2D eigenvalue weighted by Crippen LogP contribution is 2.22. The molecular formula is C15H14. The van der Waals surface area contributed by atoms with Crippen LogP contribution < -0.4 is 0 Å². The lowest BCUT2D eigenvalue weighted by Crippen LogP contribution is -1.97. The molecule has 0 aromatic heterocycles. The van der Waals surface area contributed by atoms with Crippen molar-refractivity contribution >= 4 is 6.08 Å². The van der Waals surface area contributed by atoms with Gasteiger partial charge in [-0.3, -0.25) is 0 Å². The summed E-state index contributed by atoms with van der Waals surface area (Å²) < 4.78 is 0. The fourth-order valence-electron chi connectivity index (χ4n) is 1.72. The summed E-state index contributed by atoms with van der Waals surface area (Å²) in [5.41, 5.74) is 4.89. The third-order valence-corrected chi connectivity index (χ3v) is 2.48. The van der Waals surface area contributed by atoms with E-state index in [0.717, 1.165) is 18.4 Å². The van der Waals surface area contributed by atoms with Crippen LogP contribution in [0.2, 0.25) is 0 Å². The number of hydrogen-bond acceptors (Lipinski definition) is 0. The molecule has 0 nitrogen and oxygen atoms in total. The highest BCUT2D eigenvalue weighted by atomic mass is 14.1. The normalized spacial score (nSPS) is 13.3. The Bertz CT molecular complexity index is 478. The van der Waals surface area contributed by atoms with Crippen molar-refractivity contribution in [1.82, 2.24) is 0 Å². The molecule has 0 saturated heterocycles. The number of aryl methyl sites for hydroxylation is 1. The van der Waals surface area contributed by atoms with Crippen LogP contribution in [0, 0.1) is 11.8 Å². The predicted molar refractivity (Wildman–Crippen MR) is 65.3 cm³/mol. The summed E-state index contributed by atoms with van der Waals surface area (Å²) >= 11 is 0. The molecule has 0 spiro atoms. The summed E-state index contributed by atoms with van der Waals surface area (Å²) in [6, 6.07) is 8.51. The van der Waals surface area contributed by atoms with Gasteiger partial charge in [-0.05, 0) is 42.5 Å². The Morgan fingerprint density at radius 3 is 2.87 bits per heavy atom. The fraction of sp³-hybridized carbons (Fsp3) is 0.200. The van der Waals surface area contributed by atoms with Gasteiger partial charge in [-0.2, -0.15) is 0 Å². The summed E-state index contributed by atoms with van der Waals surface area (Å²) in [6.45, 7) is 5.72. The standard InChI is InChI=1S/C15H14/c1-12(2)7-8-13-9-10-14-5-3-4-6-15(14)11-13/h3-6,11H,1,9-10H2,2H3. The Hall–Kier alpha value is -1.74. The van der Waals surface area contributed by atoms with Crippen LogP contribution in [0.4, 0.5) is 0 Å². The van der Waals surface area contributed by atoms with Crippen LogP contribution in [0.25, 0.3) is 6.08 Å². The van der Waals surface area contributed by atoms with Gasteiger partial charge >= 0.3 is 0 Å². The van der Waals surface area contributed by atoms with Gasteiger partial charge in [0.05, 0.1) is 0 Å². The molecule has 1 aromatic carbocycles. The molecule has 0 heterocycles. The van der Waals surface area contributed by atoms with Gasteiger partial charge in [0, 0.05) is 5.57 Å². The van der Waals surface area contributed by atoms with Crippen molar-refractivity contribution in [3.05, 3.63) is 53.1 Å². The lowest BCUT2D eigenvalue weighted by atomic mass is 9.92. The molecule has 1 aliphatic carbocycles. The largest absolute Gasteiger partial charge is 0.0877 e. The summed E-state index contributed by atoms with van der Waals surface area (Å²) in [6.07, 6.45) is 4.35. The maximum Gasteiger partial charge on any atom is 0.00332 e. The van der Waals surface area contributed by atoms with Crippen molar-refractivity contribution in [2.45, 2.75) is 19.8 Å². The second-order valence-corrected chi connectivity index (χ2v) is 3.90. The van der Waals surface area contributed by atoms with E-state index >= 15 is 0 Å². The Labute approximate surface area is 91.3 Å². The smallest absolute Gasteiger partial charge is 0.00332 e. The van der Waals surface area contributed by atoms with Gasteiger partial charge in [0.25, 0.3) is 0 Å². The summed E-state index contributed by atoms with van der Waals surface area (Å²) in [4.78, 5) is 0. The number of hydrogen-bond donors (Lipinski definition) is 0. The molecule has 2 rings (SSSR count). The maximum absolute atomic E-state index is 3.78. The van der Waals surface area contributed by atoms with E-state index in [1.54, 1.807) is 0 Å². The number of rotatable bonds is 0. The van der Waals surface area contributed by atoms with E-state index in [0.29, 0.717) is 0 Å². The van der Waals surface area contributed by atoms with Gasteiger partial charge in [-0.15, -0.1) is 0 Å². The van der Waals surface area contributed by atoms with Gasteiger partial charge in [-0.1, -0.05) is 42.7 Å². The minimum atomic E-state index is 0.926. The van der Waals surface area contributed by atoms with Crippen LogP contribution in [-0.4, -0.2) is 0 Å². The quantitative estimate of drug-likeness (QED) is 0.554. The Morgan fingerprint density at radius 1 is 1.27 bits per heavy atom. The molecule has 0 radical (unpaired) electrons. The minimum absolute atomic E-state index is 0.926. The van der Waals surface area contributed by atoms with Gasteiger partial charge in [0.15, 0.2) is 0 Å². The van der Waals surface area contributed by atoms with Crippen LogP contribution in [0.3, 0.4) is 0 Å². The topological polar surface area (TPSA) is 0 Å². The zero-order chi connectivity index (χ0) is 10.7. The van der Waals surface area contributed by atoms with Crippen LogP contribution in [0.15, 0.2) is 42.0 Å². The molecule has 15 heavy (non-hydrogen) atoms. The zero-order valence-electron chi connectivity index (χ0n) is 9.01. The van der Waals surface area contributed by atoms with E-state index in [1.807, 2.05) is 6.92 Å². The van der Waals surface area contributed by atoms with E-state index < -0.39 is 0 Å². The molecule has 0 N–H and O–H groups in total. The monoisotopic (exact) mass is 194 g/mol. The van der Waals surface area contributed by atoms with Crippen LogP contribution >= 0.6 is 0 Å². The van der Waals surface area contributed by atoms with Gasteiger partial charge in [0.1, 0.15) is 0 Å². The molecule has 0 heteroatoms. The third kappa shape index (κ3) is 2.39. The zero-order valence-corrected chi connectivity index (χ0v) is 9.01. The minimum Gasteiger partial charge on any atom is -0.0877 e. The van der Waals surface area contributed by atoms with Crippen LogP contribution in [0.5, 0.6) is 0 Å². The molecule has 1 aromatic rings. The molecule has 0 fully saturated rings. The predicted octanol–water partition coefficient (Wildman–Crippen LogP) is 3.60. The molecular weight excluding hydrogens is 180 g/mol. The fourth-order valence-corrected chi connectivity index (χ4v) is 1.72. The molecule has 0 amide bonds. The number of allylic oxidation sites excluding steroid dienone is 2. The van der Waals surface area contributed by atoms with Crippen molar-refractivity contribution in [3.63, 3.8) is 0 Å². The first kappa shape index (κ1) is 9.80. The lowest BCUT2D eigenvalue weighted by molar-refractivity contribution is 0.957. The van der Waals surface area contributed by atoms with Crippen molar-refractivity contribution in [2.24, 2.45) is 0 Å². The van der Waals surface area contributed by atoms with Crippen molar-refractivity contribution in [2.75, 3.05) is 0 Å². The molecule has 0 atom stereocenters. The number of benzene rings is 1. The van der Waals surface area contributed by atoms with Crippen LogP contribution in [-0.2, 0) is 6.42 Å². The average Bonchev–Trinajstić information content (AvgIpc) is 2.26. The average molecular weight is 194 g/mol. The van der Waals surface area contributed by atoms with Crippen LogP contribution in [0.1, 0.15) is 24.5 Å².